The van der Waals surface area contributed by atoms with Gasteiger partial charge in [0.15, 0.2) is 0 Å². The zero-order valence-electron chi connectivity index (χ0n) is 15.0. The summed E-state index contributed by atoms with van der Waals surface area (Å²) in [6.45, 7) is 3.48. The molecule has 0 aliphatic heterocycles. The van der Waals surface area contributed by atoms with Crippen molar-refractivity contribution in [2.75, 3.05) is 19.0 Å². The third-order valence-electron chi connectivity index (χ3n) is 4.25. The van der Waals surface area contributed by atoms with Gasteiger partial charge in [0.1, 0.15) is 5.65 Å². The first-order valence-corrected chi connectivity index (χ1v) is 8.58. The summed E-state index contributed by atoms with van der Waals surface area (Å²) in [7, 11) is 4.02. The van der Waals surface area contributed by atoms with Crippen LogP contribution in [0.25, 0.3) is 11.0 Å². The molecule has 5 heteroatoms. The van der Waals surface area contributed by atoms with Crippen LogP contribution in [0.3, 0.4) is 0 Å². The van der Waals surface area contributed by atoms with Crippen LogP contribution >= 0.6 is 0 Å². The number of aryl methyl sites for hydroxylation is 1. The topological polar surface area (TPSA) is 50.2 Å². The quantitative estimate of drug-likeness (QED) is 0.750. The lowest BCUT2D eigenvalue weighted by Gasteiger charge is -2.12. The van der Waals surface area contributed by atoms with Gasteiger partial charge in [-0.2, -0.15) is 0 Å². The van der Waals surface area contributed by atoms with Gasteiger partial charge in [0.05, 0.1) is 5.56 Å². The summed E-state index contributed by atoms with van der Waals surface area (Å²) >= 11 is 0. The van der Waals surface area contributed by atoms with Crippen molar-refractivity contribution in [3.63, 3.8) is 0 Å². The van der Waals surface area contributed by atoms with Gasteiger partial charge in [0.25, 0.3) is 5.91 Å². The summed E-state index contributed by atoms with van der Waals surface area (Å²) in [6.07, 6.45) is 4.67. The number of benzene rings is 1. The SMILES string of the molecule is CCCn1cc(C(=O)NCc2ccc(N(C)C)cc2)c2cccnc21. The maximum Gasteiger partial charge on any atom is 0.253 e. The molecule has 0 fully saturated rings. The van der Waals surface area contributed by atoms with E-state index in [0.717, 1.165) is 35.2 Å². The van der Waals surface area contributed by atoms with Gasteiger partial charge in [-0.15, -0.1) is 0 Å². The zero-order chi connectivity index (χ0) is 17.8. The Morgan fingerprint density at radius 3 is 2.64 bits per heavy atom. The molecule has 1 N–H and O–H groups in total. The third kappa shape index (κ3) is 3.65. The summed E-state index contributed by atoms with van der Waals surface area (Å²) < 4.78 is 2.05. The molecule has 0 unspecified atom stereocenters. The minimum Gasteiger partial charge on any atom is -0.378 e. The fourth-order valence-corrected chi connectivity index (χ4v) is 2.90. The van der Waals surface area contributed by atoms with Crippen molar-refractivity contribution in [1.29, 1.82) is 0 Å². The molecule has 3 aromatic rings. The molecule has 0 spiro atoms. The van der Waals surface area contributed by atoms with Crippen molar-refractivity contribution in [1.82, 2.24) is 14.9 Å². The molecule has 1 aromatic carbocycles. The van der Waals surface area contributed by atoms with Crippen LogP contribution < -0.4 is 10.2 Å². The van der Waals surface area contributed by atoms with Crippen LogP contribution in [0.2, 0.25) is 0 Å². The summed E-state index contributed by atoms with van der Waals surface area (Å²) in [5.74, 6) is -0.0652. The Hall–Kier alpha value is -2.82. The van der Waals surface area contributed by atoms with E-state index in [4.69, 9.17) is 0 Å². The molecule has 25 heavy (non-hydrogen) atoms. The molecule has 1 amide bonds. The fraction of sp³-hybridized carbons (Fsp3) is 0.300. The zero-order valence-corrected chi connectivity index (χ0v) is 15.0. The minimum atomic E-state index is -0.0652. The molecule has 5 nitrogen and oxygen atoms in total. The van der Waals surface area contributed by atoms with Gasteiger partial charge in [0, 0.05) is 50.7 Å². The average molecular weight is 336 g/mol. The lowest BCUT2D eigenvalue weighted by Crippen LogP contribution is -2.22. The number of hydrogen-bond acceptors (Lipinski definition) is 3. The molecular weight excluding hydrogens is 312 g/mol. The lowest BCUT2D eigenvalue weighted by molar-refractivity contribution is 0.0952. The third-order valence-corrected chi connectivity index (χ3v) is 4.25. The van der Waals surface area contributed by atoms with E-state index in [1.807, 2.05) is 44.6 Å². The Bertz CT molecular complexity index is 865. The number of rotatable bonds is 6. The predicted molar refractivity (Wildman–Crippen MR) is 102 cm³/mol. The highest BCUT2D eigenvalue weighted by molar-refractivity contribution is 6.06. The van der Waals surface area contributed by atoms with Crippen LogP contribution in [0.4, 0.5) is 5.69 Å². The Morgan fingerprint density at radius 2 is 1.96 bits per heavy atom. The molecular formula is C20H24N4O. The smallest absolute Gasteiger partial charge is 0.253 e. The monoisotopic (exact) mass is 336 g/mol. The Morgan fingerprint density at radius 1 is 1.20 bits per heavy atom. The molecule has 0 atom stereocenters. The molecule has 3 rings (SSSR count). The Kier molecular flexibility index (Phi) is 5.03. The number of amides is 1. The number of hydrogen-bond donors (Lipinski definition) is 1. The molecule has 0 bridgehead atoms. The van der Waals surface area contributed by atoms with Gasteiger partial charge < -0.3 is 14.8 Å². The van der Waals surface area contributed by atoms with Gasteiger partial charge in [-0.25, -0.2) is 4.98 Å². The van der Waals surface area contributed by atoms with E-state index in [2.05, 4.69) is 38.8 Å². The highest BCUT2D eigenvalue weighted by Crippen LogP contribution is 2.20. The summed E-state index contributed by atoms with van der Waals surface area (Å²) in [4.78, 5) is 19.1. The molecule has 0 aliphatic carbocycles. The Labute approximate surface area is 148 Å². The predicted octanol–water partition coefficient (Wildman–Crippen LogP) is 3.44. The second-order valence-electron chi connectivity index (χ2n) is 6.35. The van der Waals surface area contributed by atoms with Crippen LogP contribution in [0, 0.1) is 0 Å². The van der Waals surface area contributed by atoms with Crippen LogP contribution in [-0.4, -0.2) is 29.6 Å². The highest BCUT2D eigenvalue weighted by Gasteiger charge is 2.15. The van der Waals surface area contributed by atoms with E-state index in [9.17, 15) is 4.79 Å². The first kappa shape index (κ1) is 17.0. The first-order valence-electron chi connectivity index (χ1n) is 8.58. The van der Waals surface area contributed by atoms with E-state index in [0.29, 0.717) is 12.1 Å². The second kappa shape index (κ2) is 7.38. The molecule has 2 aromatic heterocycles. The average Bonchev–Trinajstić information content (AvgIpc) is 2.99. The van der Waals surface area contributed by atoms with Gasteiger partial charge in [-0.1, -0.05) is 19.1 Å². The Balaban J connectivity index is 1.76. The van der Waals surface area contributed by atoms with Gasteiger partial charge in [-0.3, -0.25) is 4.79 Å². The summed E-state index contributed by atoms with van der Waals surface area (Å²) in [5, 5.41) is 3.92. The van der Waals surface area contributed by atoms with Gasteiger partial charge in [0.2, 0.25) is 0 Å². The second-order valence-corrected chi connectivity index (χ2v) is 6.35. The number of aromatic nitrogens is 2. The minimum absolute atomic E-state index is 0.0652. The van der Waals surface area contributed by atoms with E-state index in [-0.39, 0.29) is 5.91 Å². The van der Waals surface area contributed by atoms with Crippen molar-refractivity contribution < 1.29 is 4.79 Å². The van der Waals surface area contributed by atoms with Crippen molar-refractivity contribution in [2.45, 2.75) is 26.4 Å². The summed E-state index contributed by atoms with van der Waals surface area (Å²) in [5.41, 5.74) is 3.77. The maximum atomic E-state index is 12.7. The molecule has 130 valence electrons. The highest BCUT2D eigenvalue weighted by atomic mass is 16.1. The largest absolute Gasteiger partial charge is 0.378 e. The number of pyridine rings is 1. The number of carbonyl (C=O) groups is 1. The van der Waals surface area contributed by atoms with E-state index < -0.39 is 0 Å². The number of nitrogens with one attached hydrogen (secondary N) is 1. The van der Waals surface area contributed by atoms with Crippen LogP contribution in [-0.2, 0) is 13.1 Å². The standard InChI is InChI=1S/C20H24N4O/c1-4-12-24-14-18(17-6-5-11-21-19(17)24)20(25)22-13-15-7-9-16(10-8-15)23(2)3/h5-11,14H,4,12-13H2,1-3H3,(H,22,25). The molecule has 0 aliphatic rings. The van der Waals surface area contributed by atoms with Crippen molar-refractivity contribution >= 4 is 22.6 Å². The molecule has 0 saturated heterocycles. The fourth-order valence-electron chi connectivity index (χ4n) is 2.90. The first-order chi connectivity index (χ1) is 12.1. The van der Waals surface area contributed by atoms with E-state index >= 15 is 0 Å². The van der Waals surface area contributed by atoms with Crippen LogP contribution in [0.15, 0.2) is 48.8 Å². The normalized spacial score (nSPS) is 10.8. The van der Waals surface area contributed by atoms with E-state index in [1.54, 1.807) is 6.20 Å². The van der Waals surface area contributed by atoms with Crippen LogP contribution in [0.1, 0.15) is 29.3 Å². The van der Waals surface area contributed by atoms with Gasteiger partial charge in [-0.05, 0) is 36.2 Å². The molecule has 0 saturated carbocycles. The van der Waals surface area contributed by atoms with Crippen molar-refractivity contribution in [3.05, 3.63) is 59.9 Å². The number of anilines is 1. The lowest BCUT2D eigenvalue weighted by atomic mass is 10.1. The summed E-state index contributed by atoms with van der Waals surface area (Å²) in [6, 6.07) is 12.0. The van der Waals surface area contributed by atoms with Crippen molar-refractivity contribution in [2.24, 2.45) is 0 Å². The number of fused-ring (bicyclic) bond motifs is 1. The van der Waals surface area contributed by atoms with Gasteiger partial charge >= 0.3 is 0 Å². The van der Waals surface area contributed by atoms with Crippen LogP contribution in [0.5, 0.6) is 0 Å². The number of carbonyl (C=O) groups excluding carboxylic acids is 1. The maximum absolute atomic E-state index is 12.7. The molecule has 2 heterocycles. The van der Waals surface area contributed by atoms with E-state index in [1.165, 1.54) is 0 Å². The molecule has 0 radical (unpaired) electrons. The number of nitrogens with zero attached hydrogens (tertiary/aromatic N) is 3. The van der Waals surface area contributed by atoms with Crippen molar-refractivity contribution in [3.8, 4) is 0 Å².